The van der Waals surface area contributed by atoms with E-state index in [9.17, 15) is 10.1 Å². The molecular formula is C22H18N2O3. The van der Waals surface area contributed by atoms with Gasteiger partial charge in [-0.1, -0.05) is 36.4 Å². The van der Waals surface area contributed by atoms with Gasteiger partial charge in [-0.3, -0.25) is 4.79 Å². The average Bonchev–Trinajstić information content (AvgIpc) is 2.72. The Morgan fingerprint density at radius 2 is 1.85 bits per heavy atom. The van der Waals surface area contributed by atoms with E-state index < -0.39 is 0 Å². The molecule has 5 heteroatoms. The molecule has 5 nitrogen and oxygen atoms in total. The Bertz CT molecular complexity index is 1020. The van der Waals surface area contributed by atoms with E-state index in [1.807, 2.05) is 49.4 Å². The summed E-state index contributed by atoms with van der Waals surface area (Å²) in [5, 5.41) is 9.36. The van der Waals surface area contributed by atoms with Gasteiger partial charge in [-0.15, -0.1) is 0 Å². The molecule has 0 saturated carbocycles. The number of carbonyl (C=O) groups excluding carboxylic acids is 1. The number of ether oxygens (including phenoxy) is 2. The summed E-state index contributed by atoms with van der Waals surface area (Å²) in [5.41, 5.74) is 4.92. The van der Waals surface area contributed by atoms with Crippen LogP contribution >= 0.6 is 0 Å². The summed E-state index contributed by atoms with van der Waals surface area (Å²) >= 11 is 0. The highest BCUT2D eigenvalue weighted by Crippen LogP contribution is 2.29. The lowest BCUT2D eigenvalue weighted by Crippen LogP contribution is -2.02. The minimum atomic E-state index is 0.232. The van der Waals surface area contributed by atoms with Crippen LogP contribution in [0.25, 0.3) is 11.1 Å². The third kappa shape index (κ3) is 3.80. The second-order valence-electron chi connectivity index (χ2n) is 5.90. The zero-order chi connectivity index (χ0) is 19.2. The molecule has 0 aliphatic heterocycles. The van der Waals surface area contributed by atoms with Crippen LogP contribution in [-0.4, -0.2) is 18.4 Å². The number of nitriles is 1. The van der Waals surface area contributed by atoms with Gasteiger partial charge < -0.3 is 9.47 Å². The Kier molecular flexibility index (Phi) is 5.48. The Morgan fingerprint density at radius 1 is 1.07 bits per heavy atom. The fourth-order valence-corrected chi connectivity index (χ4v) is 2.87. The Hall–Kier alpha value is -3.65. The molecule has 27 heavy (non-hydrogen) atoms. The molecule has 0 fully saturated rings. The number of carbonyl (C=O) groups is 1. The van der Waals surface area contributed by atoms with Gasteiger partial charge >= 0.3 is 0 Å². The third-order valence-corrected chi connectivity index (χ3v) is 4.34. The molecule has 0 aliphatic carbocycles. The minimum Gasteiger partial charge on any atom is -0.480 e. The van der Waals surface area contributed by atoms with Crippen molar-refractivity contribution in [2.24, 2.45) is 0 Å². The van der Waals surface area contributed by atoms with Gasteiger partial charge in [0.25, 0.3) is 0 Å². The number of aromatic nitrogens is 1. The second-order valence-corrected chi connectivity index (χ2v) is 5.90. The fourth-order valence-electron chi connectivity index (χ4n) is 2.87. The molecular weight excluding hydrogens is 340 g/mol. The topological polar surface area (TPSA) is 72.2 Å². The highest BCUT2D eigenvalue weighted by atomic mass is 16.5. The Balaban J connectivity index is 1.87. The van der Waals surface area contributed by atoms with Gasteiger partial charge in [0.2, 0.25) is 11.8 Å². The summed E-state index contributed by atoms with van der Waals surface area (Å²) in [7, 11) is 1.46. The number of aldehydes is 1. The summed E-state index contributed by atoms with van der Waals surface area (Å²) in [6.45, 7) is 2.32. The first-order chi connectivity index (χ1) is 13.2. The van der Waals surface area contributed by atoms with E-state index >= 15 is 0 Å². The average molecular weight is 358 g/mol. The van der Waals surface area contributed by atoms with E-state index in [1.54, 1.807) is 12.1 Å². The van der Waals surface area contributed by atoms with E-state index in [-0.39, 0.29) is 5.88 Å². The van der Waals surface area contributed by atoms with Crippen molar-refractivity contribution in [1.82, 2.24) is 4.98 Å². The summed E-state index contributed by atoms with van der Waals surface area (Å²) < 4.78 is 10.9. The molecule has 1 aromatic heterocycles. The van der Waals surface area contributed by atoms with Gasteiger partial charge in [-0.2, -0.15) is 10.2 Å². The van der Waals surface area contributed by atoms with Crippen LogP contribution in [0, 0.1) is 18.3 Å². The SMILES string of the molecule is COc1nc(OCc2cccc(-c3ccccc3C#N)c2C)ccc1C=O. The van der Waals surface area contributed by atoms with Gasteiger partial charge in [0.15, 0.2) is 6.29 Å². The highest BCUT2D eigenvalue weighted by molar-refractivity contribution is 5.78. The van der Waals surface area contributed by atoms with Crippen molar-refractivity contribution in [2.75, 3.05) is 7.11 Å². The van der Waals surface area contributed by atoms with Gasteiger partial charge in [0.1, 0.15) is 6.61 Å². The van der Waals surface area contributed by atoms with Gasteiger partial charge in [0, 0.05) is 6.07 Å². The molecule has 1 heterocycles. The summed E-state index contributed by atoms with van der Waals surface area (Å²) in [6, 6.07) is 18.9. The van der Waals surface area contributed by atoms with Crippen molar-refractivity contribution in [2.45, 2.75) is 13.5 Å². The van der Waals surface area contributed by atoms with Crippen molar-refractivity contribution >= 4 is 6.29 Å². The quantitative estimate of drug-likeness (QED) is 0.613. The van der Waals surface area contributed by atoms with Crippen molar-refractivity contribution < 1.29 is 14.3 Å². The highest BCUT2D eigenvalue weighted by Gasteiger charge is 2.11. The molecule has 0 saturated heterocycles. The van der Waals surface area contributed by atoms with Crippen LogP contribution < -0.4 is 9.47 Å². The molecule has 3 aromatic rings. The molecule has 0 N–H and O–H groups in total. The van der Waals surface area contributed by atoms with E-state index in [0.717, 1.165) is 22.3 Å². The number of hydrogen-bond acceptors (Lipinski definition) is 5. The minimum absolute atomic E-state index is 0.232. The van der Waals surface area contributed by atoms with E-state index in [4.69, 9.17) is 9.47 Å². The number of pyridine rings is 1. The normalized spacial score (nSPS) is 10.1. The molecule has 0 amide bonds. The summed E-state index contributed by atoms with van der Waals surface area (Å²) in [5.74, 6) is 0.607. The molecule has 0 bridgehead atoms. The van der Waals surface area contributed by atoms with Crippen LogP contribution in [0.15, 0.2) is 54.6 Å². The lowest BCUT2D eigenvalue weighted by Gasteiger charge is -2.14. The first-order valence-corrected chi connectivity index (χ1v) is 8.39. The van der Waals surface area contributed by atoms with Crippen LogP contribution in [0.2, 0.25) is 0 Å². The number of methoxy groups -OCH3 is 1. The zero-order valence-electron chi connectivity index (χ0n) is 15.1. The second kappa shape index (κ2) is 8.15. The number of benzene rings is 2. The van der Waals surface area contributed by atoms with Crippen LogP contribution in [0.1, 0.15) is 27.0 Å². The molecule has 2 aromatic carbocycles. The van der Waals surface area contributed by atoms with Crippen molar-refractivity contribution in [3.8, 4) is 29.0 Å². The van der Waals surface area contributed by atoms with Crippen molar-refractivity contribution in [3.05, 3.63) is 76.9 Å². The zero-order valence-corrected chi connectivity index (χ0v) is 15.1. The molecule has 0 spiro atoms. The maximum absolute atomic E-state index is 11.0. The third-order valence-electron chi connectivity index (χ3n) is 4.34. The lowest BCUT2D eigenvalue weighted by atomic mass is 9.94. The van der Waals surface area contributed by atoms with Gasteiger partial charge in [0.05, 0.1) is 24.3 Å². The van der Waals surface area contributed by atoms with Gasteiger partial charge in [-0.05, 0) is 41.3 Å². The largest absolute Gasteiger partial charge is 0.480 e. The van der Waals surface area contributed by atoms with Crippen molar-refractivity contribution in [1.29, 1.82) is 5.26 Å². The molecule has 0 radical (unpaired) electrons. The van der Waals surface area contributed by atoms with Gasteiger partial charge in [-0.25, -0.2) is 0 Å². The van der Waals surface area contributed by atoms with Crippen molar-refractivity contribution in [3.63, 3.8) is 0 Å². The number of rotatable bonds is 6. The molecule has 3 rings (SSSR count). The maximum Gasteiger partial charge on any atom is 0.227 e. The van der Waals surface area contributed by atoms with Crippen LogP contribution in [-0.2, 0) is 6.61 Å². The standard InChI is InChI=1S/C22H18N2O3/c1-15-18(14-27-21-11-10-17(13-25)22(24-21)26-2)7-5-9-19(15)20-8-4-3-6-16(20)12-23/h3-11,13H,14H2,1-2H3. The molecule has 0 atom stereocenters. The van der Waals surface area contributed by atoms with E-state index in [2.05, 4.69) is 11.1 Å². The van der Waals surface area contributed by atoms with Crippen LogP contribution in [0.5, 0.6) is 11.8 Å². The Morgan fingerprint density at radius 3 is 2.59 bits per heavy atom. The maximum atomic E-state index is 11.0. The fraction of sp³-hybridized carbons (Fsp3) is 0.136. The first kappa shape index (κ1) is 18.2. The summed E-state index contributed by atoms with van der Waals surface area (Å²) in [6.07, 6.45) is 0.690. The molecule has 0 unspecified atom stereocenters. The predicted molar refractivity (Wildman–Crippen MR) is 102 cm³/mol. The first-order valence-electron chi connectivity index (χ1n) is 8.39. The van der Waals surface area contributed by atoms with Crippen LogP contribution in [0.3, 0.4) is 0 Å². The molecule has 0 aliphatic rings. The number of nitrogens with zero attached hydrogens (tertiary/aromatic N) is 2. The van der Waals surface area contributed by atoms with Crippen LogP contribution in [0.4, 0.5) is 0 Å². The monoisotopic (exact) mass is 358 g/mol. The van der Waals surface area contributed by atoms with E-state index in [0.29, 0.717) is 29.9 Å². The number of hydrogen-bond donors (Lipinski definition) is 0. The lowest BCUT2D eigenvalue weighted by molar-refractivity contribution is 0.111. The summed E-state index contributed by atoms with van der Waals surface area (Å²) in [4.78, 5) is 15.2. The van der Waals surface area contributed by atoms with E-state index in [1.165, 1.54) is 7.11 Å². The smallest absolute Gasteiger partial charge is 0.227 e. The predicted octanol–water partition coefficient (Wildman–Crippen LogP) is 4.33. The molecule has 134 valence electrons. The Labute approximate surface area is 157 Å².